The van der Waals surface area contributed by atoms with Gasteiger partial charge in [-0.3, -0.25) is 19.6 Å². The fourth-order valence-electron chi connectivity index (χ4n) is 9.31. The summed E-state index contributed by atoms with van der Waals surface area (Å²) in [4.78, 5) is 50.8. The highest BCUT2D eigenvalue weighted by Crippen LogP contribution is 2.43. The van der Waals surface area contributed by atoms with E-state index in [9.17, 15) is 23.1 Å². The van der Waals surface area contributed by atoms with Gasteiger partial charge < -0.3 is 38.6 Å². The molecule has 4 aliphatic rings. The quantitative estimate of drug-likeness (QED) is 0.0306. The van der Waals surface area contributed by atoms with Crippen LogP contribution in [-0.4, -0.2) is 148 Å². The molecule has 0 saturated heterocycles. The molecule has 6 aromatic rings. The van der Waals surface area contributed by atoms with Gasteiger partial charge in [0, 0.05) is 94.8 Å². The van der Waals surface area contributed by atoms with Gasteiger partial charge in [0.1, 0.15) is 43.6 Å². The number of aromatic nitrogens is 10. The Labute approximate surface area is 500 Å². The lowest BCUT2D eigenvalue weighted by molar-refractivity contribution is -0.161. The van der Waals surface area contributed by atoms with Crippen LogP contribution in [0.25, 0.3) is 45.3 Å². The van der Waals surface area contributed by atoms with E-state index in [0.717, 1.165) is 103 Å². The SMILES string of the molecule is COC(=O)C1(COc2cc(C)c(-c3ccc(-c4nc(S(C)(=O)=O)n(COCC[Si](C)(C)C)n4)cn3)cn2)CCC1.Cc1cc(OCC2(C(=O)O)CCC2)ncc1-c1ccc(-c2nc(OC3CCC3)n(COCC[Si](C)(C)C)n2)cn1.OC1CCC1. The van der Waals surface area contributed by atoms with Crippen molar-refractivity contribution in [2.24, 2.45) is 10.8 Å². The third kappa shape index (κ3) is 17.4. The van der Waals surface area contributed by atoms with E-state index in [1.54, 1.807) is 35.5 Å². The summed E-state index contributed by atoms with van der Waals surface area (Å²) < 4.78 is 62.0. The summed E-state index contributed by atoms with van der Waals surface area (Å²) in [6, 6.07) is 13.6. The second kappa shape index (κ2) is 27.9. The number of aliphatic hydroxyl groups is 1. The Morgan fingerprint density at radius 3 is 1.51 bits per heavy atom. The van der Waals surface area contributed by atoms with E-state index in [-0.39, 0.29) is 49.1 Å². The highest BCUT2D eigenvalue weighted by Gasteiger charge is 2.47. The molecular weight excluding hydrogens is 1140 g/mol. The van der Waals surface area contributed by atoms with Gasteiger partial charge in [0.05, 0.1) is 24.6 Å². The summed E-state index contributed by atoms with van der Waals surface area (Å²) in [5, 5.41) is 26.9. The molecule has 0 unspecified atom stereocenters. The van der Waals surface area contributed by atoms with Crippen LogP contribution in [0.1, 0.15) is 88.2 Å². The molecule has 0 atom stereocenters. The minimum absolute atomic E-state index is 0.00539. The number of nitrogens with zero attached hydrogens (tertiary/aromatic N) is 10. The minimum atomic E-state index is -3.61. The normalized spacial score (nSPS) is 16.4. The van der Waals surface area contributed by atoms with Crippen molar-refractivity contribution in [3.63, 3.8) is 0 Å². The van der Waals surface area contributed by atoms with Gasteiger partial charge in [0.15, 0.2) is 11.6 Å². The zero-order valence-electron chi connectivity index (χ0n) is 50.9. The molecule has 4 fully saturated rings. The average molecular weight is 1230 g/mol. The third-order valence-corrected chi connectivity index (χ3v) is 20.3. The molecule has 0 radical (unpaired) electrons. The van der Waals surface area contributed by atoms with Crippen LogP contribution in [0, 0.1) is 24.7 Å². The number of sulfone groups is 1. The molecule has 25 heteroatoms. The molecule has 0 amide bonds. The summed E-state index contributed by atoms with van der Waals surface area (Å²) >= 11 is 0. The Morgan fingerprint density at radius 2 is 1.13 bits per heavy atom. The maximum Gasteiger partial charge on any atom is 0.317 e. The molecule has 4 aliphatic carbocycles. The number of rotatable bonds is 25. The zero-order chi connectivity index (χ0) is 61.2. The Bertz CT molecular complexity index is 3330. The smallest absolute Gasteiger partial charge is 0.317 e. The standard InChI is InChI=1S/C29H39N5O5Si.C27H37N5O6SSi.C4H8O/c1-20-15-25(38-18-29(27(35)36)11-6-12-29)31-17-23(20)24-10-9-21(16-30-24)26-32-28(39-22-7-5-8-22)34(33-26)19-37-13-14-40(2,3)4;1-19-14-23(38-17-27(10-7-11-27)25(33)36-2)29-16-21(19)22-9-8-20(15-28-22)24-30-26(39(3,34)35)32(31-24)18-37-12-13-40(4,5)6;5-4-2-1-3-4/h9-10,15-17,22H,5-8,11-14,18-19H2,1-4H3,(H,35,36);8-9,14-16H,7,10-13,17-18H2,1-6H3;4-5H,1-3H2. The molecule has 2 N–H and O–H groups in total. The topological polar surface area (TPSA) is 277 Å². The van der Waals surface area contributed by atoms with Crippen molar-refractivity contribution >= 4 is 37.9 Å². The lowest BCUT2D eigenvalue weighted by Crippen LogP contribution is -2.44. The average Bonchev–Trinajstić information content (AvgIpc) is 3.01. The first-order valence-electron chi connectivity index (χ1n) is 29.4. The zero-order valence-corrected chi connectivity index (χ0v) is 53.7. The number of aliphatic hydroxyl groups excluding tert-OH is 1. The largest absolute Gasteiger partial charge is 0.481 e. The van der Waals surface area contributed by atoms with Crippen LogP contribution in [0.15, 0.2) is 66.3 Å². The third-order valence-electron chi connectivity index (χ3n) is 15.9. The number of ether oxygens (including phenoxy) is 6. The van der Waals surface area contributed by atoms with Crippen LogP contribution in [0.2, 0.25) is 51.4 Å². The lowest BCUT2D eigenvalue weighted by atomic mass is 9.69. The number of pyridine rings is 4. The number of methoxy groups -OCH3 is 1. The number of carbonyl (C=O) groups excluding carboxylic acids is 1. The number of aryl methyl sites for hydroxylation is 2. The van der Waals surface area contributed by atoms with E-state index in [1.807, 2.05) is 44.2 Å². The van der Waals surface area contributed by atoms with Gasteiger partial charge in [0.2, 0.25) is 26.8 Å². The van der Waals surface area contributed by atoms with E-state index in [4.69, 9.17) is 33.5 Å². The maximum absolute atomic E-state index is 12.3. The van der Waals surface area contributed by atoms with Crippen LogP contribution in [-0.2, 0) is 47.1 Å². The molecule has 460 valence electrons. The number of carboxylic acids is 1. The fraction of sp³-hybridized carbons (Fsp3) is 0.567. The van der Waals surface area contributed by atoms with Crippen molar-refractivity contribution in [2.45, 2.75) is 173 Å². The molecule has 85 heavy (non-hydrogen) atoms. The Kier molecular flexibility index (Phi) is 21.2. The van der Waals surface area contributed by atoms with Crippen LogP contribution < -0.4 is 14.2 Å². The molecule has 6 heterocycles. The van der Waals surface area contributed by atoms with Gasteiger partial charge in [0.25, 0.3) is 0 Å². The first kappa shape index (κ1) is 64.5. The van der Waals surface area contributed by atoms with Gasteiger partial charge in [-0.05, 0) is 126 Å². The summed E-state index contributed by atoms with van der Waals surface area (Å²) in [5.41, 5.74) is 4.98. The molecule has 10 rings (SSSR count). The van der Waals surface area contributed by atoms with Gasteiger partial charge in [-0.2, -0.15) is 14.6 Å². The maximum atomic E-state index is 12.3. The molecule has 6 aromatic heterocycles. The number of hydrogen-bond donors (Lipinski definition) is 2. The van der Waals surface area contributed by atoms with Crippen LogP contribution in [0.4, 0.5) is 0 Å². The molecule has 22 nitrogen and oxygen atoms in total. The van der Waals surface area contributed by atoms with E-state index < -0.39 is 42.8 Å². The Balaban J connectivity index is 0.000000204. The number of carboxylic acid groups (broad SMARTS) is 1. The Hall–Kier alpha value is -6.52. The van der Waals surface area contributed by atoms with E-state index in [1.165, 1.54) is 24.6 Å². The number of esters is 1. The second-order valence-electron chi connectivity index (χ2n) is 25.3. The van der Waals surface area contributed by atoms with Crippen molar-refractivity contribution in [3.8, 4) is 63.1 Å². The Morgan fingerprint density at radius 1 is 0.659 bits per heavy atom. The predicted molar refractivity (Wildman–Crippen MR) is 325 cm³/mol. The highest BCUT2D eigenvalue weighted by molar-refractivity contribution is 7.90. The van der Waals surface area contributed by atoms with Gasteiger partial charge in [-0.1, -0.05) is 52.1 Å². The summed E-state index contributed by atoms with van der Waals surface area (Å²) in [6.07, 6.45) is 19.3. The summed E-state index contributed by atoms with van der Waals surface area (Å²) in [6.45, 7) is 19.5. The lowest BCUT2D eigenvalue weighted by Gasteiger charge is -2.38. The van der Waals surface area contributed by atoms with Crippen molar-refractivity contribution in [1.82, 2.24) is 49.5 Å². The van der Waals surface area contributed by atoms with E-state index in [0.29, 0.717) is 67.6 Å². The van der Waals surface area contributed by atoms with Gasteiger partial charge in [-0.25, -0.2) is 23.1 Å². The van der Waals surface area contributed by atoms with Crippen LogP contribution >= 0.6 is 0 Å². The van der Waals surface area contributed by atoms with Gasteiger partial charge >= 0.3 is 17.9 Å². The minimum Gasteiger partial charge on any atom is -0.481 e. The van der Waals surface area contributed by atoms with Crippen molar-refractivity contribution < 1.29 is 56.6 Å². The highest BCUT2D eigenvalue weighted by atomic mass is 32.2. The molecule has 0 spiro atoms. The number of aliphatic carboxylic acids is 1. The number of carbonyl (C=O) groups is 2. The molecule has 0 aliphatic heterocycles. The molecular formula is C60H84N10O12SSi2. The predicted octanol–water partition coefficient (Wildman–Crippen LogP) is 10.3. The monoisotopic (exact) mass is 1220 g/mol. The van der Waals surface area contributed by atoms with Crippen LogP contribution in [0.5, 0.6) is 17.8 Å². The summed E-state index contributed by atoms with van der Waals surface area (Å²) in [7, 11) is -4.67. The van der Waals surface area contributed by atoms with E-state index in [2.05, 4.69) is 79.4 Å². The molecule has 0 aromatic carbocycles. The van der Waals surface area contributed by atoms with Crippen LogP contribution in [0.3, 0.4) is 0 Å². The van der Waals surface area contributed by atoms with Gasteiger partial charge in [-0.15, -0.1) is 10.2 Å². The van der Waals surface area contributed by atoms with E-state index >= 15 is 0 Å². The summed E-state index contributed by atoms with van der Waals surface area (Å²) in [5.74, 6) is 0.613. The number of hydrogen-bond acceptors (Lipinski definition) is 19. The van der Waals surface area contributed by atoms with Crippen molar-refractivity contribution in [2.75, 3.05) is 39.8 Å². The van der Waals surface area contributed by atoms with Crippen molar-refractivity contribution in [1.29, 1.82) is 0 Å². The second-order valence-corrected chi connectivity index (χ2v) is 38.5. The molecule has 0 bridgehead atoms. The fourth-order valence-corrected chi connectivity index (χ4v) is 11.6. The molecule has 4 saturated carbocycles. The van der Waals surface area contributed by atoms with Crippen molar-refractivity contribution in [3.05, 3.63) is 72.3 Å². The first-order chi connectivity index (χ1) is 40.3. The first-order valence-corrected chi connectivity index (χ1v) is 38.7.